The standard InChI is InChI=1S/C15H13N3O5/c19-14-7-9-3-1-2-4-11(9)15(14)16-12-6-5-10(17(20)21)8-13(12)18(22)23/h1-6,8,14-16,19H,7H2/t14-,15+/m0/s1. The van der Waals surface area contributed by atoms with Crippen LogP contribution in [0.1, 0.15) is 17.2 Å². The zero-order chi connectivity index (χ0) is 16.6. The SMILES string of the molecule is O=[N+]([O-])c1ccc(N[C@@H]2c3ccccc3C[C@@H]2O)c([N+](=O)[O-])c1. The van der Waals surface area contributed by atoms with Crippen LogP contribution in [0.4, 0.5) is 17.1 Å². The second-order valence-corrected chi connectivity index (χ2v) is 5.31. The predicted molar refractivity (Wildman–Crippen MR) is 82.3 cm³/mol. The molecule has 3 rings (SSSR count). The number of nitrogens with zero attached hydrogens (tertiary/aromatic N) is 2. The molecule has 0 fully saturated rings. The van der Waals surface area contributed by atoms with Gasteiger partial charge in [0.15, 0.2) is 0 Å². The number of nitrogens with one attached hydrogen (secondary N) is 1. The van der Waals surface area contributed by atoms with Gasteiger partial charge in [0.2, 0.25) is 0 Å². The largest absolute Gasteiger partial charge is 0.390 e. The molecule has 1 aliphatic carbocycles. The fourth-order valence-corrected chi connectivity index (χ4v) is 2.82. The molecule has 118 valence electrons. The Hall–Kier alpha value is -3.00. The maximum Gasteiger partial charge on any atom is 0.299 e. The Morgan fingerprint density at radius 1 is 1.09 bits per heavy atom. The molecule has 2 aromatic rings. The van der Waals surface area contributed by atoms with Crippen molar-refractivity contribution in [3.63, 3.8) is 0 Å². The number of hydrogen-bond acceptors (Lipinski definition) is 6. The van der Waals surface area contributed by atoms with Crippen LogP contribution in [0.25, 0.3) is 0 Å². The number of non-ortho nitro benzene ring substituents is 1. The van der Waals surface area contributed by atoms with Crippen molar-refractivity contribution >= 4 is 17.1 Å². The van der Waals surface area contributed by atoms with Crippen molar-refractivity contribution in [1.29, 1.82) is 0 Å². The van der Waals surface area contributed by atoms with E-state index in [4.69, 9.17) is 0 Å². The minimum atomic E-state index is -0.720. The van der Waals surface area contributed by atoms with Gasteiger partial charge in [0.05, 0.1) is 28.1 Å². The van der Waals surface area contributed by atoms with E-state index < -0.39 is 27.7 Å². The molecule has 0 saturated heterocycles. The molecule has 2 aromatic carbocycles. The Labute approximate surface area is 130 Å². The second-order valence-electron chi connectivity index (χ2n) is 5.31. The van der Waals surface area contributed by atoms with Gasteiger partial charge in [-0.15, -0.1) is 0 Å². The molecule has 0 aromatic heterocycles. The molecular formula is C15H13N3O5. The highest BCUT2D eigenvalue weighted by Crippen LogP contribution is 2.37. The zero-order valence-corrected chi connectivity index (χ0v) is 11.9. The van der Waals surface area contributed by atoms with Crippen LogP contribution in [-0.2, 0) is 6.42 Å². The molecule has 0 bridgehead atoms. The first-order valence-corrected chi connectivity index (χ1v) is 6.92. The molecular weight excluding hydrogens is 302 g/mol. The van der Waals surface area contributed by atoms with E-state index in [0.29, 0.717) is 6.42 Å². The van der Waals surface area contributed by atoms with Crippen molar-refractivity contribution in [2.45, 2.75) is 18.6 Å². The van der Waals surface area contributed by atoms with Gasteiger partial charge >= 0.3 is 0 Å². The van der Waals surface area contributed by atoms with Gasteiger partial charge in [0, 0.05) is 12.5 Å². The van der Waals surface area contributed by atoms with Crippen LogP contribution in [-0.4, -0.2) is 21.1 Å². The second kappa shape index (κ2) is 5.65. The van der Waals surface area contributed by atoms with Crippen molar-refractivity contribution in [2.75, 3.05) is 5.32 Å². The first-order valence-electron chi connectivity index (χ1n) is 6.92. The van der Waals surface area contributed by atoms with Gasteiger partial charge in [0.25, 0.3) is 11.4 Å². The third kappa shape index (κ3) is 2.71. The molecule has 0 amide bonds. The molecule has 0 heterocycles. The van der Waals surface area contributed by atoms with Gasteiger partial charge in [0.1, 0.15) is 5.69 Å². The number of aliphatic hydroxyl groups excluding tert-OH is 1. The number of nitro groups is 2. The Morgan fingerprint density at radius 2 is 1.83 bits per heavy atom. The Morgan fingerprint density at radius 3 is 2.52 bits per heavy atom. The van der Waals surface area contributed by atoms with Gasteiger partial charge < -0.3 is 10.4 Å². The first kappa shape index (κ1) is 14.9. The summed E-state index contributed by atoms with van der Waals surface area (Å²) in [6.45, 7) is 0. The summed E-state index contributed by atoms with van der Waals surface area (Å²) in [7, 11) is 0. The van der Waals surface area contributed by atoms with Crippen molar-refractivity contribution in [3.05, 3.63) is 73.8 Å². The minimum Gasteiger partial charge on any atom is -0.390 e. The minimum absolute atomic E-state index is 0.140. The maximum atomic E-state index is 11.2. The van der Waals surface area contributed by atoms with Crippen molar-refractivity contribution in [3.8, 4) is 0 Å². The lowest BCUT2D eigenvalue weighted by Gasteiger charge is -2.19. The van der Waals surface area contributed by atoms with Gasteiger partial charge in [-0.25, -0.2) is 0 Å². The summed E-state index contributed by atoms with van der Waals surface area (Å²) >= 11 is 0. The topological polar surface area (TPSA) is 119 Å². The average Bonchev–Trinajstić information content (AvgIpc) is 2.83. The monoisotopic (exact) mass is 315 g/mol. The zero-order valence-electron chi connectivity index (χ0n) is 11.9. The van der Waals surface area contributed by atoms with Gasteiger partial charge in [-0.3, -0.25) is 20.2 Å². The van der Waals surface area contributed by atoms with Crippen LogP contribution >= 0.6 is 0 Å². The van der Waals surface area contributed by atoms with Crippen LogP contribution in [0, 0.1) is 20.2 Å². The summed E-state index contributed by atoms with van der Waals surface area (Å²) < 4.78 is 0. The van der Waals surface area contributed by atoms with Gasteiger partial charge in [-0.2, -0.15) is 0 Å². The molecule has 2 atom stereocenters. The van der Waals surface area contributed by atoms with E-state index >= 15 is 0 Å². The molecule has 23 heavy (non-hydrogen) atoms. The molecule has 0 spiro atoms. The van der Waals surface area contributed by atoms with E-state index in [0.717, 1.165) is 17.2 Å². The fourth-order valence-electron chi connectivity index (χ4n) is 2.82. The van der Waals surface area contributed by atoms with E-state index in [1.165, 1.54) is 12.1 Å². The maximum absolute atomic E-state index is 11.2. The van der Waals surface area contributed by atoms with Crippen LogP contribution in [0.2, 0.25) is 0 Å². The van der Waals surface area contributed by atoms with Crippen LogP contribution in [0.5, 0.6) is 0 Å². The molecule has 0 saturated carbocycles. The third-order valence-electron chi connectivity index (χ3n) is 3.90. The number of aliphatic hydroxyl groups is 1. The lowest BCUT2D eigenvalue weighted by Crippen LogP contribution is -2.21. The van der Waals surface area contributed by atoms with E-state index in [-0.39, 0.29) is 11.4 Å². The highest BCUT2D eigenvalue weighted by atomic mass is 16.6. The molecule has 8 nitrogen and oxygen atoms in total. The van der Waals surface area contributed by atoms with Crippen LogP contribution in [0.3, 0.4) is 0 Å². The molecule has 0 radical (unpaired) electrons. The Bertz CT molecular complexity index is 792. The highest BCUT2D eigenvalue weighted by Gasteiger charge is 2.32. The lowest BCUT2D eigenvalue weighted by molar-refractivity contribution is -0.393. The number of nitro benzene ring substituents is 2. The van der Waals surface area contributed by atoms with E-state index in [2.05, 4.69) is 5.32 Å². The summed E-state index contributed by atoms with van der Waals surface area (Å²) in [6, 6.07) is 10.3. The van der Waals surface area contributed by atoms with Crippen molar-refractivity contribution in [2.24, 2.45) is 0 Å². The highest BCUT2D eigenvalue weighted by molar-refractivity contribution is 5.66. The molecule has 2 N–H and O–H groups in total. The molecule has 8 heteroatoms. The smallest absolute Gasteiger partial charge is 0.299 e. The van der Waals surface area contributed by atoms with Crippen LogP contribution < -0.4 is 5.32 Å². The third-order valence-corrected chi connectivity index (χ3v) is 3.90. The summed E-state index contributed by atoms with van der Waals surface area (Å²) in [5.41, 5.74) is 1.24. The van der Waals surface area contributed by atoms with Crippen molar-refractivity contribution in [1.82, 2.24) is 0 Å². The van der Waals surface area contributed by atoms with Gasteiger partial charge in [-0.1, -0.05) is 24.3 Å². The molecule has 0 unspecified atom stereocenters. The number of fused-ring (bicyclic) bond motifs is 1. The average molecular weight is 315 g/mol. The fraction of sp³-hybridized carbons (Fsp3) is 0.200. The lowest BCUT2D eigenvalue weighted by atomic mass is 10.1. The summed E-state index contributed by atoms with van der Waals surface area (Å²) in [5.74, 6) is 0. The normalized spacial score (nSPS) is 19.2. The first-order chi connectivity index (χ1) is 11.0. The van der Waals surface area contributed by atoms with E-state index in [1.54, 1.807) is 0 Å². The number of benzene rings is 2. The summed E-state index contributed by atoms with van der Waals surface area (Å²) in [6.07, 6.45) is -0.267. The number of anilines is 1. The molecule has 0 aliphatic heterocycles. The van der Waals surface area contributed by atoms with E-state index in [9.17, 15) is 25.3 Å². The van der Waals surface area contributed by atoms with Crippen LogP contribution in [0.15, 0.2) is 42.5 Å². The quantitative estimate of drug-likeness (QED) is 0.661. The van der Waals surface area contributed by atoms with E-state index in [1.807, 2.05) is 24.3 Å². The number of rotatable bonds is 4. The van der Waals surface area contributed by atoms with Gasteiger partial charge in [-0.05, 0) is 17.2 Å². The molecule has 1 aliphatic rings. The number of hydrogen-bond donors (Lipinski definition) is 2. The predicted octanol–water partition coefficient (Wildman–Crippen LogP) is 2.57. The summed E-state index contributed by atoms with van der Waals surface area (Å²) in [5, 5.41) is 35.1. The van der Waals surface area contributed by atoms with Crippen molar-refractivity contribution < 1.29 is 15.0 Å². The Balaban J connectivity index is 1.97. The summed E-state index contributed by atoms with van der Waals surface area (Å²) in [4.78, 5) is 20.6. The Kier molecular flexibility index (Phi) is 3.67.